The van der Waals surface area contributed by atoms with Crippen LogP contribution in [0.1, 0.15) is 11.3 Å². The normalized spacial score (nSPS) is 12.9. The minimum Gasteiger partial charge on any atom is -0.454 e. The summed E-state index contributed by atoms with van der Waals surface area (Å²) in [4.78, 5) is 4.19. The summed E-state index contributed by atoms with van der Waals surface area (Å²) in [6.07, 6.45) is 1.76. The molecular formula is C13H14BrN3O2. The van der Waals surface area contributed by atoms with Crippen molar-refractivity contribution in [3.63, 3.8) is 0 Å². The number of aryl methyl sites for hydroxylation is 1. The van der Waals surface area contributed by atoms with Crippen molar-refractivity contribution in [1.29, 1.82) is 0 Å². The second-order valence-corrected chi connectivity index (χ2v) is 5.21. The Hall–Kier alpha value is -1.69. The Morgan fingerprint density at radius 3 is 2.84 bits per heavy atom. The second kappa shape index (κ2) is 4.77. The number of imidazole rings is 1. The van der Waals surface area contributed by atoms with E-state index in [0.29, 0.717) is 12.7 Å². The Labute approximate surface area is 119 Å². The van der Waals surface area contributed by atoms with Gasteiger partial charge in [-0.05, 0) is 46.5 Å². The predicted octanol–water partition coefficient (Wildman–Crippen LogP) is 2.28. The highest BCUT2D eigenvalue weighted by Crippen LogP contribution is 2.33. The summed E-state index contributed by atoms with van der Waals surface area (Å²) in [6, 6.07) is 6.03. The van der Waals surface area contributed by atoms with Crippen molar-refractivity contribution >= 4 is 21.9 Å². The number of rotatable bonds is 3. The van der Waals surface area contributed by atoms with Crippen LogP contribution in [0.3, 0.4) is 0 Å². The molecular weight excluding hydrogens is 310 g/mol. The molecule has 0 saturated heterocycles. The summed E-state index contributed by atoms with van der Waals surface area (Å²) in [5, 5.41) is 0. The number of nitrogen functional groups attached to an aromatic ring is 1. The first-order valence-electron chi connectivity index (χ1n) is 6.00. The maximum Gasteiger partial charge on any atom is 0.231 e. The van der Waals surface area contributed by atoms with E-state index in [-0.39, 0.29) is 0 Å². The molecule has 5 nitrogen and oxygen atoms in total. The minimum atomic E-state index is 0.308. The Kier molecular flexibility index (Phi) is 3.10. The number of hydrogen-bond donors (Lipinski definition) is 1. The summed E-state index contributed by atoms with van der Waals surface area (Å²) < 4.78 is 13.4. The minimum absolute atomic E-state index is 0.308. The molecule has 0 fully saturated rings. The van der Waals surface area contributed by atoms with E-state index in [1.807, 2.05) is 23.7 Å². The maximum atomic E-state index is 5.77. The Morgan fingerprint density at radius 1 is 1.32 bits per heavy atom. The molecule has 0 amide bonds. The first-order chi connectivity index (χ1) is 9.15. The smallest absolute Gasteiger partial charge is 0.231 e. The molecule has 1 aliphatic rings. The number of fused-ring (bicyclic) bond motifs is 1. The van der Waals surface area contributed by atoms with Crippen LogP contribution in [0.5, 0.6) is 11.5 Å². The van der Waals surface area contributed by atoms with Crippen LogP contribution >= 0.6 is 15.9 Å². The van der Waals surface area contributed by atoms with Crippen LogP contribution in [0.2, 0.25) is 0 Å². The van der Waals surface area contributed by atoms with Gasteiger partial charge in [0.15, 0.2) is 11.5 Å². The zero-order chi connectivity index (χ0) is 13.4. The molecule has 6 heteroatoms. The molecule has 2 heterocycles. The zero-order valence-electron chi connectivity index (χ0n) is 10.5. The first-order valence-corrected chi connectivity index (χ1v) is 6.79. The van der Waals surface area contributed by atoms with Crippen LogP contribution in [-0.2, 0) is 19.9 Å². The van der Waals surface area contributed by atoms with E-state index < -0.39 is 0 Å². The SMILES string of the molecule is Cn1c(N)nc(Br)c1CCc1ccc2c(c1)OCO2. The van der Waals surface area contributed by atoms with Crippen LogP contribution in [-0.4, -0.2) is 16.3 Å². The standard InChI is InChI=1S/C13H14BrN3O2/c1-17-9(12(14)16-13(17)15)4-2-8-3-5-10-11(6-8)19-7-18-10/h3,5-6H,2,4,7H2,1H3,(H2,15,16). The molecule has 0 atom stereocenters. The molecule has 0 saturated carbocycles. The van der Waals surface area contributed by atoms with E-state index in [9.17, 15) is 0 Å². The summed E-state index contributed by atoms with van der Waals surface area (Å²) in [6.45, 7) is 0.308. The van der Waals surface area contributed by atoms with E-state index in [1.54, 1.807) is 0 Å². The lowest BCUT2D eigenvalue weighted by Crippen LogP contribution is -2.03. The third-order valence-corrected chi connectivity index (χ3v) is 3.92. The van der Waals surface area contributed by atoms with Crippen molar-refractivity contribution < 1.29 is 9.47 Å². The number of hydrogen-bond acceptors (Lipinski definition) is 4. The quantitative estimate of drug-likeness (QED) is 0.941. The molecule has 1 aromatic carbocycles. The van der Waals surface area contributed by atoms with Gasteiger partial charge < -0.3 is 19.8 Å². The number of ether oxygens (including phenoxy) is 2. The third kappa shape index (κ3) is 2.28. The summed E-state index contributed by atoms with van der Waals surface area (Å²) >= 11 is 3.43. The van der Waals surface area contributed by atoms with Crippen LogP contribution in [0.4, 0.5) is 5.95 Å². The number of halogens is 1. The van der Waals surface area contributed by atoms with E-state index in [0.717, 1.165) is 34.6 Å². The molecule has 0 unspecified atom stereocenters. The fourth-order valence-electron chi connectivity index (χ4n) is 2.15. The molecule has 1 aliphatic heterocycles. The number of anilines is 1. The monoisotopic (exact) mass is 323 g/mol. The van der Waals surface area contributed by atoms with Crippen LogP contribution < -0.4 is 15.2 Å². The molecule has 0 spiro atoms. The molecule has 1 aromatic heterocycles. The van der Waals surface area contributed by atoms with Gasteiger partial charge in [0, 0.05) is 7.05 Å². The summed E-state index contributed by atoms with van der Waals surface area (Å²) in [5.74, 6) is 2.16. The van der Waals surface area contributed by atoms with Crippen molar-refractivity contribution in [2.24, 2.45) is 7.05 Å². The van der Waals surface area contributed by atoms with Crippen molar-refractivity contribution in [3.05, 3.63) is 34.1 Å². The van der Waals surface area contributed by atoms with E-state index in [2.05, 4.69) is 27.0 Å². The van der Waals surface area contributed by atoms with Gasteiger partial charge in [-0.15, -0.1) is 0 Å². The van der Waals surface area contributed by atoms with Crippen molar-refractivity contribution in [3.8, 4) is 11.5 Å². The van der Waals surface area contributed by atoms with Gasteiger partial charge in [0.05, 0.1) is 5.69 Å². The summed E-state index contributed by atoms with van der Waals surface area (Å²) in [5.41, 5.74) is 8.07. The number of nitrogens with zero attached hydrogens (tertiary/aromatic N) is 2. The van der Waals surface area contributed by atoms with Gasteiger partial charge in [-0.1, -0.05) is 6.07 Å². The van der Waals surface area contributed by atoms with Gasteiger partial charge in [0.1, 0.15) is 4.60 Å². The molecule has 19 heavy (non-hydrogen) atoms. The zero-order valence-corrected chi connectivity index (χ0v) is 12.1. The van der Waals surface area contributed by atoms with Gasteiger partial charge in [0.2, 0.25) is 12.7 Å². The van der Waals surface area contributed by atoms with Crippen molar-refractivity contribution in [1.82, 2.24) is 9.55 Å². The number of nitrogens with two attached hydrogens (primary N) is 1. The fraction of sp³-hybridized carbons (Fsp3) is 0.308. The van der Waals surface area contributed by atoms with Crippen LogP contribution in [0.25, 0.3) is 0 Å². The number of benzene rings is 1. The Balaban J connectivity index is 1.76. The van der Waals surface area contributed by atoms with E-state index >= 15 is 0 Å². The van der Waals surface area contributed by atoms with Gasteiger partial charge in [-0.3, -0.25) is 0 Å². The van der Waals surface area contributed by atoms with Gasteiger partial charge in [-0.2, -0.15) is 0 Å². The van der Waals surface area contributed by atoms with Crippen molar-refractivity contribution in [2.75, 3.05) is 12.5 Å². The molecule has 2 aromatic rings. The molecule has 2 N–H and O–H groups in total. The third-order valence-electron chi connectivity index (χ3n) is 3.29. The molecule has 0 bridgehead atoms. The van der Waals surface area contributed by atoms with Gasteiger partial charge in [-0.25, -0.2) is 4.98 Å². The Bertz CT molecular complexity index is 625. The highest BCUT2D eigenvalue weighted by molar-refractivity contribution is 9.10. The van der Waals surface area contributed by atoms with E-state index in [1.165, 1.54) is 5.56 Å². The van der Waals surface area contributed by atoms with Crippen LogP contribution in [0, 0.1) is 0 Å². The van der Waals surface area contributed by atoms with Gasteiger partial charge in [0.25, 0.3) is 0 Å². The lowest BCUT2D eigenvalue weighted by molar-refractivity contribution is 0.174. The first kappa shape index (κ1) is 12.3. The largest absolute Gasteiger partial charge is 0.454 e. The average molecular weight is 324 g/mol. The summed E-state index contributed by atoms with van der Waals surface area (Å²) in [7, 11) is 1.92. The predicted molar refractivity (Wildman–Crippen MR) is 75.3 cm³/mol. The highest BCUT2D eigenvalue weighted by Gasteiger charge is 2.14. The molecule has 0 radical (unpaired) electrons. The topological polar surface area (TPSA) is 62.3 Å². The van der Waals surface area contributed by atoms with E-state index in [4.69, 9.17) is 15.2 Å². The van der Waals surface area contributed by atoms with Crippen LogP contribution in [0.15, 0.2) is 22.8 Å². The van der Waals surface area contributed by atoms with Crippen molar-refractivity contribution in [2.45, 2.75) is 12.8 Å². The Morgan fingerprint density at radius 2 is 2.11 bits per heavy atom. The molecule has 100 valence electrons. The number of aromatic nitrogens is 2. The average Bonchev–Trinajstić information content (AvgIpc) is 2.94. The maximum absolute atomic E-state index is 5.77. The lowest BCUT2D eigenvalue weighted by Gasteiger charge is -2.05. The molecule has 0 aliphatic carbocycles. The fourth-order valence-corrected chi connectivity index (χ4v) is 2.79. The second-order valence-electron chi connectivity index (χ2n) is 4.45. The highest BCUT2D eigenvalue weighted by atomic mass is 79.9. The molecule has 3 rings (SSSR count). The van der Waals surface area contributed by atoms with Gasteiger partial charge >= 0.3 is 0 Å². The lowest BCUT2D eigenvalue weighted by atomic mass is 10.1.